The van der Waals surface area contributed by atoms with E-state index >= 15 is 16.8 Å². The molecule has 12 heteroatoms. The number of methoxy groups -OCH3 is 1. The molecule has 5 aromatic carbocycles. The first kappa shape index (κ1) is 38.6. The highest BCUT2D eigenvalue weighted by Crippen LogP contribution is 2.45. The summed E-state index contributed by atoms with van der Waals surface area (Å²) >= 11 is 0. The summed E-state index contributed by atoms with van der Waals surface area (Å²) in [6.07, 6.45) is 3.02. The lowest BCUT2D eigenvalue weighted by atomic mass is 9.97. The molecule has 58 heavy (non-hydrogen) atoms. The van der Waals surface area contributed by atoms with Crippen molar-refractivity contribution in [2.45, 2.75) is 66.0 Å². The summed E-state index contributed by atoms with van der Waals surface area (Å²) < 4.78 is 79.3. The minimum absolute atomic E-state index is 0.0189. The molecule has 1 aliphatic rings. The van der Waals surface area contributed by atoms with Crippen LogP contribution in [0.5, 0.6) is 11.5 Å². The van der Waals surface area contributed by atoms with Crippen LogP contribution in [0.25, 0.3) is 22.2 Å². The number of ether oxygens (including phenoxy) is 3. The summed E-state index contributed by atoms with van der Waals surface area (Å²) in [5.74, 6) is -1.10. The number of rotatable bonds is 11. The molecule has 1 aliphatic carbocycles. The highest BCUT2D eigenvalue weighted by molar-refractivity contribution is 7.92. The van der Waals surface area contributed by atoms with Crippen molar-refractivity contribution in [3.63, 3.8) is 0 Å². The molecule has 8 rings (SSSR count). The van der Waals surface area contributed by atoms with Crippen molar-refractivity contribution in [2.75, 3.05) is 7.11 Å². The Hall–Kier alpha value is -6.24. The zero-order valence-corrected chi connectivity index (χ0v) is 33.7. The summed E-state index contributed by atoms with van der Waals surface area (Å²) in [7, 11) is -8.50. The summed E-state index contributed by atoms with van der Waals surface area (Å²) in [6, 6.07) is 33.5. The molecular weight excluding hydrogens is 773 g/mol. The Balaban J connectivity index is 1.41. The van der Waals surface area contributed by atoms with Crippen LogP contribution in [0.15, 0.2) is 141 Å². The van der Waals surface area contributed by atoms with Crippen LogP contribution < -0.4 is 9.47 Å². The van der Waals surface area contributed by atoms with E-state index in [0.29, 0.717) is 18.4 Å². The zero-order valence-electron chi connectivity index (χ0n) is 32.1. The van der Waals surface area contributed by atoms with Gasteiger partial charge in [-0.2, -0.15) is 0 Å². The maximum atomic E-state index is 15.5. The van der Waals surface area contributed by atoms with E-state index in [2.05, 4.69) is 4.98 Å². The number of hydrogen-bond acceptors (Lipinski definition) is 9. The van der Waals surface area contributed by atoms with Crippen LogP contribution in [0.3, 0.4) is 0 Å². The van der Waals surface area contributed by atoms with E-state index in [1.807, 2.05) is 92.0 Å². The Bertz CT molecular complexity index is 2930. The first-order valence-corrected chi connectivity index (χ1v) is 21.7. The second-order valence-corrected chi connectivity index (χ2v) is 18.0. The topological polar surface area (TPSA) is 142 Å². The largest absolute Gasteiger partial charge is 0.488 e. The van der Waals surface area contributed by atoms with Crippen molar-refractivity contribution >= 4 is 36.5 Å². The average molecular weight is 813 g/mol. The van der Waals surface area contributed by atoms with Crippen molar-refractivity contribution in [1.29, 1.82) is 0 Å². The summed E-state index contributed by atoms with van der Waals surface area (Å²) in [5, 5.41) is 0.147. The van der Waals surface area contributed by atoms with Gasteiger partial charge in [0.15, 0.2) is 5.03 Å². The number of aromatic nitrogens is 2. The molecule has 0 spiro atoms. The first-order chi connectivity index (χ1) is 28.0. The quantitative estimate of drug-likeness (QED) is 0.127. The van der Waals surface area contributed by atoms with Crippen LogP contribution in [0, 0.1) is 13.8 Å². The number of sulfone groups is 2. The van der Waals surface area contributed by atoms with Gasteiger partial charge in [0.1, 0.15) is 40.1 Å². The van der Waals surface area contributed by atoms with Crippen LogP contribution in [0.2, 0.25) is 0 Å². The number of pyridine rings is 1. The highest BCUT2D eigenvalue weighted by Gasteiger charge is 2.41. The van der Waals surface area contributed by atoms with Crippen molar-refractivity contribution in [3.8, 4) is 22.8 Å². The Morgan fingerprint density at radius 1 is 0.690 bits per heavy atom. The number of hydrogen-bond donors (Lipinski definition) is 1. The number of nitrogens with one attached hydrogen (secondary N) is 1. The van der Waals surface area contributed by atoms with Crippen molar-refractivity contribution in [3.05, 3.63) is 160 Å². The lowest BCUT2D eigenvalue weighted by Crippen LogP contribution is -2.22. The minimum atomic E-state index is -4.82. The van der Waals surface area contributed by atoms with Gasteiger partial charge in [0.2, 0.25) is 19.7 Å². The SMILES string of the molecule is COC(=O)c1c(S(=O)(=O)c2ccc(C)cc2OCc2ccccc2)nc2c(c1S(=O)(=O)c1ccc(C)cc1OCc1ccccc1)CCCc1c-2ccc2[nH]ccc12. The van der Waals surface area contributed by atoms with Crippen LogP contribution in [0.1, 0.15) is 50.2 Å². The molecule has 0 atom stereocenters. The second-order valence-electron chi connectivity index (χ2n) is 14.3. The number of nitrogens with zero attached hydrogens (tertiary/aromatic N) is 1. The number of benzene rings is 5. The monoisotopic (exact) mass is 812 g/mol. The van der Waals surface area contributed by atoms with Gasteiger partial charge in [-0.05, 0) is 103 Å². The van der Waals surface area contributed by atoms with E-state index in [0.717, 1.165) is 45.8 Å². The molecular formula is C46H40N2O8S2. The number of fused-ring (bicyclic) bond motifs is 5. The molecule has 7 aromatic rings. The molecule has 0 saturated heterocycles. The number of aromatic amines is 1. The molecule has 0 saturated carbocycles. The molecule has 2 heterocycles. The fourth-order valence-corrected chi connectivity index (χ4v) is 10.9. The predicted octanol–water partition coefficient (Wildman–Crippen LogP) is 8.95. The highest BCUT2D eigenvalue weighted by atomic mass is 32.2. The normalized spacial score (nSPS) is 12.7. The molecule has 0 bridgehead atoms. The Morgan fingerprint density at radius 2 is 1.26 bits per heavy atom. The van der Waals surface area contributed by atoms with Gasteiger partial charge in [-0.15, -0.1) is 0 Å². The summed E-state index contributed by atoms with van der Waals surface area (Å²) in [4.78, 5) is 21.3. The van der Waals surface area contributed by atoms with E-state index in [1.165, 1.54) is 12.1 Å². The summed E-state index contributed by atoms with van der Waals surface area (Å²) in [6.45, 7) is 3.72. The molecule has 0 fully saturated rings. The smallest absolute Gasteiger partial charge is 0.342 e. The van der Waals surface area contributed by atoms with Gasteiger partial charge < -0.3 is 19.2 Å². The van der Waals surface area contributed by atoms with E-state index in [4.69, 9.17) is 19.2 Å². The number of carbonyl (C=O) groups excluding carboxylic acids is 1. The number of aryl methyl sites for hydroxylation is 3. The van der Waals surface area contributed by atoms with Crippen LogP contribution in [0.4, 0.5) is 0 Å². The third-order valence-electron chi connectivity index (χ3n) is 10.3. The molecule has 0 aliphatic heterocycles. The van der Waals surface area contributed by atoms with Gasteiger partial charge >= 0.3 is 5.97 Å². The number of esters is 1. The van der Waals surface area contributed by atoms with Gasteiger partial charge in [0, 0.05) is 22.7 Å². The van der Waals surface area contributed by atoms with E-state index < -0.39 is 41.1 Å². The second kappa shape index (κ2) is 15.6. The van der Waals surface area contributed by atoms with Crippen molar-refractivity contribution < 1.29 is 35.8 Å². The maximum absolute atomic E-state index is 15.5. The fourth-order valence-electron chi connectivity index (χ4n) is 7.52. The Morgan fingerprint density at radius 3 is 1.84 bits per heavy atom. The molecule has 2 aromatic heterocycles. The molecule has 10 nitrogen and oxygen atoms in total. The zero-order chi connectivity index (χ0) is 40.6. The predicted molar refractivity (Wildman–Crippen MR) is 220 cm³/mol. The molecule has 1 N–H and O–H groups in total. The Kier molecular flexibility index (Phi) is 10.4. The van der Waals surface area contributed by atoms with Crippen molar-refractivity contribution in [2.24, 2.45) is 0 Å². The van der Waals surface area contributed by atoms with E-state index in [9.17, 15) is 4.79 Å². The number of H-pyrrole nitrogens is 1. The van der Waals surface area contributed by atoms with Gasteiger partial charge in [0.05, 0.1) is 17.7 Å². The summed E-state index contributed by atoms with van der Waals surface area (Å²) in [5.41, 5.74) is 5.07. The number of carbonyl (C=O) groups is 1. The van der Waals surface area contributed by atoms with Crippen LogP contribution in [-0.4, -0.2) is 39.9 Å². The third-order valence-corrected chi connectivity index (χ3v) is 14.0. The standard InChI is InChI=1S/C46H40N2O8S2/c1-29-17-21-40(38(25-29)55-27-31-11-6-4-7-12-31)57(50,51)44-36-16-10-15-33-34-23-24-47-37(34)20-19-35(33)43(36)48-45(42(44)46(49)54-3)58(52,53)41-22-18-30(2)26-39(41)56-28-32-13-8-5-9-14-32/h4-9,11-14,17-26,47H,10,15-16,27-28H2,1-3H3. The van der Waals surface area contributed by atoms with Crippen LogP contribution >= 0.6 is 0 Å². The van der Waals surface area contributed by atoms with Crippen molar-refractivity contribution in [1.82, 2.24) is 9.97 Å². The van der Waals surface area contributed by atoms with Crippen LogP contribution in [-0.2, 0) is 50.5 Å². The molecule has 0 amide bonds. The lowest BCUT2D eigenvalue weighted by Gasteiger charge is -2.22. The van der Waals surface area contributed by atoms with E-state index in [1.54, 1.807) is 31.2 Å². The molecule has 294 valence electrons. The van der Waals surface area contributed by atoms with Gasteiger partial charge in [0.25, 0.3) is 0 Å². The minimum Gasteiger partial charge on any atom is -0.488 e. The lowest BCUT2D eigenvalue weighted by molar-refractivity contribution is 0.0590. The fraction of sp³-hybridized carbons (Fsp3) is 0.174. The first-order valence-electron chi connectivity index (χ1n) is 18.8. The van der Waals surface area contributed by atoms with Gasteiger partial charge in [-0.25, -0.2) is 26.6 Å². The van der Waals surface area contributed by atoms with Gasteiger partial charge in [-0.1, -0.05) is 78.9 Å². The maximum Gasteiger partial charge on any atom is 0.342 e. The Labute approximate surface area is 337 Å². The molecule has 0 radical (unpaired) electrons. The third kappa shape index (κ3) is 7.14. The van der Waals surface area contributed by atoms with Gasteiger partial charge in [-0.3, -0.25) is 0 Å². The van der Waals surface area contributed by atoms with E-state index in [-0.39, 0.29) is 52.2 Å². The molecule has 0 unspecified atom stereocenters. The average Bonchev–Trinajstić information content (AvgIpc) is 3.64.